The highest BCUT2D eigenvalue weighted by Gasteiger charge is 2.14. The molecule has 2 heterocycles. The first kappa shape index (κ1) is 18.3. The fourth-order valence-corrected chi connectivity index (χ4v) is 3.43. The van der Waals surface area contributed by atoms with Gasteiger partial charge in [-0.05, 0) is 42.3 Å². The van der Waals surface area contributed by atoms with Crippen LogP contribution in [0.2, 0.25) is 0 Å². The quantitative estimate of drug-likeness (QED) is 0.621. The summed E-state index contributed by atoms with van der Waals surface area (Å²) < 4.78 is 10.7. The maximum atomic E-state index is 12.0. The number of fused-ring (bicyclic) bond motifs is 1. The van der Waals surface area contributed by atoms with Gasteiger partial charge in [0.1, 0.15) is 5.03 Å². The molecule has 2 aromatic carbocycles. The summed E-state index contributed by atoms with van der Waals surface area (Å²) in [7, 11) is 0. The molecular formula is C21H19N3O3S. The lowest BCUT2D eigenvalue weighted by Gasteiger charge is -2.06. The monoisotopic (exact) mass is 393 g/mol. The van der Waals surface area contributed by atoms with Crippen LogP contribution in [0.5, 0.6) is 11.5 Å². The third-order valence-corrected chi connectivity index (χ3v) is 5.16. The van der Waals surface area contributed by atoms with Gasteiger partial charge in [0.25, 0.3) is 0 Å². The molecule has 6 nitrogen and oxygen atoms in total. The van der Waals surface area contributed by atoms with Crippen LogP contribution in [0.15, 0.2) is 65.7 Å². The maximum absolute atomic E-state index is 12.0. The molecule has 7 heteroatoms. The molecule has 0 saturated heterocycles. The Morgan fingerprint density at radius 1 is 1.00 bits per heavy atom. The van der Waals surface area contributed by atoms with Crippen molar-refractivity contribution in [2.24, 2.45) is 0 Å². The van der Waals surface area contributed by atoms with Gasteiger partial charge in [-0.25, -0.2) is 0 Å². The third kappa shape index (κ3) is 4.61. The second-order valence-electron chi connectivity index (χ2n) is 6.20. The van der Waals surface area contributed by atoms with Crippen molar-refractivity contribution in [1.82, 2.24) is 15.5 Å². The lowest BCUT2D eigenvalue weighted by Crippen LogP contribution is -2.27. The molecule has 0 atom stereocenters. The van der Waals surface area contributed by atoms with Crippen LogP contribution in [0.3, 0.4) is 0 Å². The summed E-state index contributed by atoms with van der Waals surface area (Å²) in [5, 5.41) is 12.1. The van der Waals surface area contributed by atoms with Crippen molar-refractivity contribution in [3.05, 3.63) is 66.2 Å². The molecule has 3 aromatic rings. The minimum absolute atomic E-state index is 0.0115. The number of thioether (sulfide) groups is 1. The van der Waals surface area contributed by atoms with E-state index in [1.807, 2.05) is 48.5 Å². The largest absolute Gasteiger partial charge is 0.454 e. The molecule has 1 N–H and O–H groups in total. The van der Waals surface area contributed by atoms with Gasteiger partial charge in [0.05, 0.1) is 11.4 Å². The number of aromatic nitrogens is 2. The number of nitrogens with zero attached hydrogens (tertiary/aromatic N) is 2. The van der Waals surface area contributed by atoms with Crippen LogP contribution in [0.1, 0.15) is 5.56 Å². The Bertz CT molecular complexity index is 949. The van der Waals surface area contributed by atoms with Gasteiger partial charge in [0, 0.05) is 12.1 Å². The lowest BCUT2D eigenvalue weighted by atomic mass is 10.1. The Hall–Kier alpha value is -3.06. The van der Waals surface area contributed by atoms with E-state index in [9.17, 15) is 4.79 Å². The van der Waals surface area contributed by atoms with Gasteiger partial charge in [-0.15, -0.1) is 10.2 Å². The summed E-state index contributed by atoms with van der Waals surface area (Å²) in [6.45, 7) is 0.867. The maximum Gasteiger partial charge on any atom is 0.231 e. The van der Waals surface area contributed by atoms with E-state index in [4.69, 9.17) is 9.47 Å². The molecule has 1 amide bonds. The number of nitrogens with one attached hydrogen (secondary N) is 1. The van der Waals surface area contributed by atoms with Crippen LogP contribution in [0.25, 0.3) is 11.3 Å². The fraction of sp³-hybridized carbons (Fsp3) is 0.190. The molecule has 1 aromatic heterocycles. The number of hydrogen-bond acceptors (Lipinski definition) is 6. The second kappa shape index (κ2) is 8.75. The van der Waals surface area contributed by atoms with Crippen molar-refractivity contribution in [3.8, 4) is 22.8 Å². The van der Waals surface area contributed by atoms with Gasteiger partial charge in [-0.1, -0.05) is 42.1 Å². The molecule has 28 heavy (non-hydrogen) atoms. The zero-order valence-electron chi connectivity index (χ0n) is 15.1. The van der Waals surface area contributed by atoms with E-state index in [2.05, 4.69) is 27.6 Å². The van der Waals surface area contributed by atoms with Crippen LogP contribution in [-0.2, 0) is 11.2 Å². The van der Waals surface area contributed by atoms with E-state index >= 15 is 0 Å². The molecule has 0 fully saturated rings. The predicted molar refractivity (Wildman–Crippen MR) is 107 cm³/mol. The van der Waals surface area contributed by atoms with Gasteiger partial charge in [0.2, 0.25) is 12.7 Å². The highest BCUT2D eigenvalue weighted by Crippen LogP contribution is 2.35. The van der Waals surface area contributed by atoms with Crippen LogP contribution in [0.4, 0.5) is 0 Å². The van der Waals surface area contributed by atoms with Gasteiger partial charge in [-0.2, -0.15) is 0 Å². The highest BCUT2D eigenvalue weighted by molar-refractivity contribution is 7.99. The van der Waals surface area contributed by atoms with Crippen LogP contribution < -0.4 is 14.8 Å². The number of carbonyl (C=O) groups is 1. The summed E-state index contributed by atoms with van der Waals surface area (Å²) >= 11 is 1.37. The summed E-state index contributed by atoms with van der Waals surface area (Å²) in [5.74, 6) is 1.75. The Balaban J connectivity index is 1.26. The minimum Gasteiger partial charge on any atom is -0.454 e. The second-order valence-corrected chi connectivity index (χ2v) is 7.19. The predicted octanol–water partition coefficient (Wildman–Crippen LogP) is 3.32. The lowest BCUT2D eigenvalue weighted by molar-refractivity contribution is -0.118. The Labute approximate surface area is 167 Å². The normalized spacial score (nSPS) is 12.0. The van der Waals surface area contributed by atoms with Crippen molar-refractivity contribution in [2.45, 2.75) is 11.4 Å². The molecule has 142 valence electrons. The number of rotatable bonds is 7. The molecule has 1 aliphatic heterocycles. The van der Waals surface area contributed by atoms with Crippen molar-refractivity contribution in [2.75, 3.05) is 19.1 Å². The van der Waals surface area contributed by atoms with E-state index in [1.54, 1.807) is 0 Å². The average molecular weight is 393 g/mol. The van der Waals surface area contributed by atoms with Crippen molar-refractivity contribution < 1.29 is 14.3 Å². The van der Waals surface area contributed by atoms with E-state index in [1.165, 1.54) is 17.3 Å². The SMILES string of the molecule is O=C(CSc1ccc(-c2ccc3c(c2)OCO3)nn1)NCCc1ccccc1. The molecule has 4 rings (SSSR count). The van der Waals surface area contributed by atoms with Crippen molar-refractivity contribution >= 4 is 17.7 Å². The van der Waals surface area contributed by atoms with E-state index in [0.717, 1.165) is 23.4 Å². The summed E-state index contributed by atoms with van der Waals surface area (Å²) in [6.07, 6.45) is 0.821. The number of hydrogen-bond donors (Lipinski definition) is 1. The Kier molecular flexibility index (Phi) is 5.72. The average Bonchev–Trinajstić information content (AvgIpc) is 3.21. The topological polar surface area (TPSA) is 73.3 Å². The van der Waals surface area contributed by atoms with Gasteiger partial charge >= 0.3 is 0 Å². The van der Waals surface area contributed by atoms with Crippen LogP contribution in [0, 0.1) is 0 Å². The van der Waals surface area contributed by atoms with Gasteiger partial charge in [-0.3, -0.25) is 4.79 Å². The molecule has 0 saturated carbocycles. The third-order valence-electron chi connectivity index (χ3n) is 4.24. The highest BCUT2D eigenvalue weighted by atomic mass is 32.2. The number of ether oxygens (including phenoxy) is 2. The number of amides is 1. The first-order valence-corrected chi connectivity index (χ1v) is 9.94. The van der Waals surface area contributed by atoms with Crippen molar-refractivity contribution in [1.29, 1.82) is 0 Å². The molecule has 0 radical (unpaired) electrons. The molecule has 1 aliphatic rings. The van der Waals surface area contributed by atoms with Crippen molar-refractivity contribution in [3.63, 3.8) is 0 Å². The van der Waals surface area contributed by atoms with Gasteiger partial charge < -0.3 is 14.8 Å². The zero-order valence-corrected chi connectivity index (χ0v) is 15.9. The van der Waals surface area contributed by atoms with E-state index in [-0.39, 0.29) is 12.7 Å². The Morgan fingerprint density at radius 3 is 2.68 bits per heavy atom. The first-order valence-electron chi connectivity index (χ1n) is 8.95. The molecular weight excluding hydrogens is 374 g/mol. The Morgan fingerprint density at radius 2 is 1.86 bits per heavy atom. The first-order chi connectivity index (χ1) is 13.8. The standard InChI is InChI=1S/C21H19N3O3S/c25-20(22-11-10-15-4-2-1-3-5-15)13-28-21-9-7-17(23-24-21)16-6-8-18-19(12-16)27-14-26-18/h1-9,12H,10-11,13-14H2,(H,22,25). The number of carbonyl (C=O) groups excluding carboxylic acids is 1. The van der Waals surface area contributed by atoms with E-state index < -0.39 is 0 Å². The van der Waals surface area contributed by atoms with Crippen LogP contribution >= 0.6 is 11.8 Å². The summed E-state index contributed by atoms with van der Waals surface area (Å²) in [6, 6.07) is 19.5. The summed E-state index contributed by atoms with van der Waals surface area (Å²) in [4.78, 5) is 12.0. The number of benzene rings is 2. The van der Waals surface area contributed by atoms with E-state index in [0.29, 0.717) is 23.1 Å². The van der Waals surface area contributed by atoms with Gasteiger partial charge in [0.15, 0.2) is 11.5 Å². The minimum atomic E-state index is -0.0115. The molecule has 0 bridgehead atoms. The molecule has 0 spiro atoms. The fourth-order valence-electron chi connectivity index (χ4n) is 2.79. The summed E-state index contributed by atoms with van der Waals surface area (Å²) in [5.41, 5.74) is 2.86. The molecule has 0 aliphatic carbocycles. The van der Waals surface area contributed by atoms with Crippen LogP contribution in [-0.4, -0.2) is 35.2 Å². The molecule has 0 unspecified atom stereocenters. The zero-order chi connectivity index (χ0) is 19.2. The smallest absolute Gasteiger partial charge is 0.231 e.